The van der Waals surface area contributed by atoms with Crippen molar-refractivity contribution in [3.63, 3.8) is 0 Å². The van der Waals surface area contributed by atoms with E-state index in [0.717, 1.165) is 32.2 Å². The van der Waals surface area contributed by atoms with Crippen LogP contribution in [0.5, 0.6) is 11.8 Å². The number of benzene rings is 2. The number of ether oxygens (including phenoxy) is 2. The maximum absolute atomic E-state index is 17.1. The molecule has 2 unspecified atom stereocenters. The van der Waals surface area contributed by atoms with Gasteiger partial charge in [0.2, 0.25) is 0 Å². The highest BCUT2D eigenvalue weighted by molar-refractivity contribution is 6.03. The molecule has 12 heteroatoms. The van der Waals surface area contributed by atoms with Crippen molar-refractivity contribution in [2.24, 2.45) is 5.92 Å². The molecule has 0 amide bonds. The van der Waals surface area contributed by atoms with Crippen molar-refractivity contribution in [1.29, 1.82) is 0 Å². The fraction of sp³-hybridized carbons (Fsp3) is 0.474. The Morgan fingerprint density at radius 3 is 2.72 bits per heavy atom. The van der Waals surface area contributed by atoms with Crippen LogP contribution in [0.1, 0.15) is 57.9 Å². The van der Waals surface area contributed by atoms with Gasteiger partial charge in [-0.15, -0.1) is 6.42 Å². The summed E-state index contributed by atoms with van der Waals surface area (Å²) in [5.74, 6) is 1.24. The number of pyridine rings is 1. The Balaban J connectivity index is 1.27. The Bertz CT molecular complexity index is 2040. The van der Waals surface area contributed by atoms with Crippen molar-refractivity contribution in [3.8, 4) is 35.4 Å². The first-order valence-electron chi connectivity index (χ1n) is 17.4. The van der Waals surface area contributed by atoms with Crippen LogP contribution in [0.2, 0.25) is 0 Å². The summed E-state index contributed by atoms with van der Waals surface area (Å²) in [6.07, 6.45) is 10.7. The average molecular weight is 685 g/mol. The number of halogens is 3. The zero-order valence-electron chi connectivity index (χ0n) is 28.1. The number of piperazine rings is 1. The first-order chi connectivity index (χ1) is 24.1. The molecule has 2 aromatic carbocycles. The molecule has 4 atom stereocenters. The van der Waals surface area contributed by atoms with Gasteiger partial charge in [0.15, 0.2) is 5.82 Å². The second-order valence-corrected chi connectivity index (χ2v) is 14.6. The van der Waals surface area contributed by atoms with Crippen molar-refractivity contribution in [2.45, 2.75) is 76.2 Å². The number of terminal acetylenes is 1. The van der Waals surface area contributed by atoms with E-state index < -0.39 is 29.3 Å². The van der Waals surface area contributed by atoms with E-state index >= 15 is 8.78 Å². The molecule has 2 aromatic heterocycles. The van der Waals surface area contributed by atoms with Gasteiger partial charge in [-0.1, -0.05) is 25.8 Å². The van der Waals surface area contributed by atoms with E-state index in [1.165, 1.54) is 24.4 Å². The summed E-state index contributed by atoms with van der Waals surface area (Å²) in [6, 6.07) is 6.33. The van der Waals surface area contributed by atoms with Gasteiger partial charge in [-0.25, -0.2) is 13.2 Å². The molecule has 0 spiro atoms. The summed E-state index contributed by atoms with van der Waals surface area (Å²) in [5.41, 5.74) is -0.518. The van der Waals surface area contributed by atoms with Crippen LogP contribution in [0, 0.1) is 29.9 Å². The first kappa shape index (κ1) is 32.7. The quantitative estimate of drug-likeness (QED) is 0.137. The Morgan fingerprint density at radius 1 is 1.16 bits per heavy atom. The van der Waals surface area contributed by atoms with E-state index in [-0.39, 0.29) is 70.5 Å². The molecular formula is C38H39F3N6O3. The molecule has 2 bridgehead atoms. The smallest absolute Gasteiger partial charge is 0.319 e. The summed E-state index contributed by atoms with van der Waals surface area (Å²) in [6.45, 7) is 6.51. The fourth-order valence-corrected chi connectivity index (χ4v) is 8.44. The Morgan fingerprint density at radius 2 is 1.96 bits per heavy atom. The van der Waals surface area contributed by atoms with Crippen LogP contribution in [0.25, 0.3) is 32.9 Å². The second-order valence-electron chi connectivity index (χ2n) is 14.6. The molecule has 4 aliphatic heterocycles. The number of hydrogen-bond acceptors (Lipinski definition) is 9. The summed E-state index contributed by atoms with van der Waals surface area (Å²) < 4.78 is 58.7. The van der Waals surface area contributed by atoms with Crippen molar-refractivity contribution < 1.29 is 27.4 Å². The summed E-state index contributed by atoms with van der Waals surface area (Å²) in [5, 5.41) is 4.73. The van der Waals surface area contributed by atoms with E-state index in [2.05, 4.69) is 31.0 Å². The highest BCUT2D eigenvalue weighted by Gasteiger charge is 2.49. The lowest BCUT2D eigenvalue weighted by Gasteiger charge is -2.34. The molecular weight excluding hydrogens is 645 g/mol. The van der Waals surface area contributed by atoms with Crippen LogP contribution < -0.4 is 19.7 Å². The van der Waals surface area contributed by atoms with Gasteiger partial charge < -0.3 is 19.7 Å². The number of aromatic nitrogens is 3. The standard InChI is InChI=1S/C38H39F3N6O3/c1-4-27-30(40)9-6-22-13-26(50-31(48)12-21(2)3)14-28(32(22)27)34-33(41)35-29(16-42-34)36(46-18-24-7-8-25(19-46)43-24)45-37(44-35)49-20-38-10-5-11-47(38)17-23(39)15-38/h1,6,9,13-14,16,21,23-25,43H,5,7-8,10-12,15,17-20H2,2-3H3/t23-,24?,25?,38+/m1/s1. The molecule has 8 rings (SSSR count). The minimum atomic E-state index is -0.928. The molecule has 4 fully saturated rings. The predicted molar refractivity (Wildman–Crippen MR) is 184 cm³/mol. The van der Waals surface area contributed by atoms with Gasteiger partial charge in [0.25, 0.3) is 0 Å². The summed E-state index contributed by atoms with van der Waals surface area (Å²) >= 11 is 0. The lowest BCUT2D eigenvalue weighted by molar-refractivity contribution is -0.135. The monoisotopic (exact) mass is 684 g/mol. The number of hydrogen-bond donors (Lipinski definition) is 1. The van der Waals surface area contributed by atoms with Crippen molar-refractivity contribution >= 4 is 33.5 Å². The van der Waals surface area contributed by atoms with Crippen LogP contribution in [-0.4, -0.2) is 82.4 Å². The summed E-state index contributed by atoms with van der Waals surface area (Å²) in [7, 11) is 0. The van der Waals surface area contributed by atoms with Gasteiger partial charge in [0.1, 0.15) is 41.4 Å². The topological polar surface area (TPSA) is 92.7 Å². The maximum Gasteiger partial charge on any atom is 0.319 e. The molecule has 0 saturated carbocycles. The molecule has 4 saturated heterocycles. The molecule has 4 aromatic rings. The number of anilines is 1. The number of fused-ring (bicyclic) bond motifs is 5. The number of esters is 1. The molecule has 0 aliphatic carbocycles. The molecule has 50 heavy (non-hydrogen) atoms. The van der Waals surface area contributed by atoms with Crippen LogP contribution in [0.3, 0.4) is 0 Å². The Labute approximate surface area is 288 Å². The predicted octanol–water partition coefficient (Wildman–Crippen LogP) is 5.95. The highest BCUT2D eigenvalue weighted by Crippen LogP contribution is 2.42. The summed E-state index contributed by atoms with van der Waals surface area (Å²) in [4.78, 5) is 31.0. The second kappa shape index (κ2) is 12.7. The van der Waals surface area contributed by atoms with E-state index in [1.54, 1.807) is 6.07 Å². The fourth-order valence-electron chi connectivity index (χ4n) is 8.44. The van der Waals surface area contributed by atoms with E-state index in [4.69, 9.17) is 20.9 Å². The third-order valence-corrected chi connectivity index (χ3v) is 10.6. The van der Waals surface area contributed by atoms with Gasteiger partial charge in [0, 0.05) is 61.7 Å². The molecule has 260 valence electrons. The van der Waals surface area contributed by atoms with Crippen LogP contribution in [0.4, 0.5) is 19.0 Å². The third-order valence-electron chi connectivity index (χ3n) is 10.6. The third kappa shape index (κ3) is 5.80. The minimum absolute atomic E-state index is 0.00505. The van der Waals surface area contributed by atoms with Crippen molar-refractivity contribution in [3.05, 3.63) is 47.7 Å². The number of alkyl halides is 1. The number of nitrogens with one attached hydrogen (secondary N) is 1. The van der Waals surface area contributed by atoms with E-state index in [0.29, 0.717) is 42.6 Å². The van der Waals surface area contributed by atoms with E-state index in [1.807, 2.05) is 13.8 Å². The zero-order chi connectivity index (χ0) is 34.7. The SMILES string of the molecule is C#Cc1c(F)ccc2cc(OC(=O)CC(C)C)cc(-c3ncc4c(N5CC6CCC(C5)N6)nc(OC[C@@]56CCCN5C[C@H](F)C6)nc4c3F)c12. The number of carbonyl (C=O) groups is 1. The van der Waals surface area contributed by atoms with Gasteiger partial charge in [-0.2, -0.15) is 9.97 Å². The van der Waals surface area contributed by atoms with Crippen LogP contribution >= 0.6 is 0 Å². The Kier molecular flexibility index (Phi) is 8.31. The van der Waals surface area contributed by atoms with Gasteiger partial charge in [-0.3, -0.25) is 14.7 Å². The lowest BCUT2D eigenvalue weighted by Crippen LogP contribution is -2.51. The van der Waals surface area contributed by atoms with Crippen LogP contribution in [0.15, 0.2) is 30.5 Å². The van der Waals surface area contributed by atoms with Gasteiger partial charge in [0.05, 0.1) is 16.5 Å². The molecule has 0 radical (unpaired) electrons. The largest absolute Gasteiger partial charge is 0.461 e. The first-order valence-corrected chi connectivity index (χ1v) is 17.4. The maximum atomic E-state index is 17.1. The molecule has 9 nitrogen and oxygen atoms in total. The molecule has 6 heterocycles. The Hall–Kier alpha value is -4.47. The molecule has 1 N–H and O–H groups in total. The van der Waals surface area contributed by atoms with Gasteiger partial charge >= 0.3 is 12.0 Å². The normalized spacial score (nSPS) is 24.7. The van der Waals surface area contributed by atoms with Crippen molar-refractivity contribution in [2.75, 3.05) is 37.7 Å². The van der Waals surface area contributed by atoms with Crippen LogP contribution in [-0.2, 0) is 4.79 Å². The lowest BCUT2D eigenvalue weighted by atomic mass is 9.95. The zero-order valence-corrected chi connectivity index (χ0v) is 28.1. The average Bonchev–Trinajstić information content (AvgIpc) is 3.73. The van der Waals surface area contributed by atoms with Gasteiger partial charge in [-0.05, 0) is 61.7 Å². The highest BCUT2D eigenvalue weighted by atomic mass is 19.1. The number of rotatable bonds is 8. The number of carbonyl (C=O) groups excluding carboxylic acids is 1. The van der Waals surface area contributed by atoms with Crippen molar-refractivity contribution in [1.82, 2.24) is 25.2 Å². The van der Waals surface area contributed by atoms with E-state index in [9.17, 15) is 9.18 Å². The number of nitrogens with zero attached hydrogens (tertiary/aromatic N) is 5. The minimum Gasteiger partial charge on any atom is -0.461 e. The molecule has 4 aliphatic rings.